The molecule has 0 fully saturated rings. The number of anilines is 2. The van der Waals surface area contributed by atoms with Gasteiger partial charge in [0.2, 0.25) is 22.7 Å². The van der Waals surface area contributed by atoms with Crippen molar-refractivity contribution >= 4 is 33.2 Å². The summed E-state index contributed by atoms with van der Waals surface area (Å²) in [6.07, 6.45) is 0.982. The molecule has 0 saturated heterocycles. The van der Waals surface area contributed by atoms with Gasteiger partial charge in [-0.05, 0) is 30.3 Å². The Bertz CT molecular complexity index is 1070. The van der Waals surface area contributed by atoms with Crippen LogP contribution in [0, 0.1) is 0 Å². The van der Waals surface area contributed by atoms with E-state index in [1.165, 1.54) is 25.1 Å². The van der Waals surface area contributed by atoms with Crippen LogP contribution in [0.25, 0.3) is 0 Å². The van der Waals surface area contributed by atoms with Crippen LogP contribution < -0.4 is 29.6 Å². The number of rotatable bonds is 8. The van der Waals surface area contributed by atoms with Gasteiger partial charge in [0.1, 0.15) is 12.4 Å². The molecule has 0 radical (unpaired) electrons. The van der Waals surface area contributed by atoms with Crippen molar-refractivity contribution in [3.8, 4) is 17.2 Å². The highest BCUT2D eigenvalue weighted by Gasteiger charge is 2.16. The number of hydrogen-bond donors (Lipinski definition) is 3. The minimum absolute atomic E-state index is 0.0646. The van der Waals surface area contributed by atoms with Gasteiger partial charge in [0, 0.05) is 18.7 Å². The second kappa shape index (κ2) is 8.91. The van der Waals surface area contributed by atoms with Gasteiger partial charge in [-0.25, -0.2) is 8.42 Å². The number of fused-ring (bicyclic) bond motifs is 1. The highest BCUT2D eigenvalue weighted by Crippen LogP contribution is 2.35. The van der Waals surface area contributed by atoms with Gasteiger partial charge in [-0.2, -0.15) is 0 Å². The van der Waals surface area contributed by atoms with Gasteiger partial charge in [0.05, 0.1) is 24.1 Å². The normalized spacial score (nSPS) is 12.2. The average molecular weight is 435 g/mol. The first-order chi connectivity index (χ1) is 14.2. The molecule has 0 aliphatic carbocycles. The van der Waals surface area contributed by atoms with Crippen LogP contribution in [-0.2, 0) is 14.8 Å². The largest absolute Gasteiger partial charge is 0.492 e. The van der Waals surface area contributed by atoms with Crippen LogP contribution >= 0.6 is 0 Å². The topological polar surface area (TPSA) is 132 Å². The van der Waals surface area contributed by atoms with Gasteiger partial charge in [-0.15, -0.1) is 0 Å². The lowest BCUT2D eigenvalue weighted by atomic mass is 10.1. The third-order valence-corrected chi connectivity index (χ3v) is 4.47. The van der Waals surface area contributed by atoms with Gasteiger partial charge in [-0.1, -0.05) is 0 Å². The Morgan fingerprint density at radius 2 is 1.87 bits per heavy atom. The summed E-state index contributed by atoms with van der Waals surface area (Å²) in [4.78, 5) is 23.9. The van der Waals surface area contributed by atoms with Crippen molar-refractivity contribution in [2.45, 2.75) is 6.92 Å². The molecular weight excluding hydrogens is 414 g/mol. The molecule has 160 valence electrons. The minimum atomic E-state index is -3.60. The number of amides is 2. The molecule has 2 aromatic rings. The monoisotopic (exact) mass is 435 g/mol. The Morgan fingerprint density at radius 3 is 2.60 bits per heavy atom. The molecule has 3 N–H and O–H groups in total. The van der Waals surface area contributed by atoms with Crippen LogP contribution in [-0.4, -0.2) is 46.4 Å². The van der Waals surface area contributed by atoms with E-state index in [9.17, 15) is 18.0 Å². The number of carbonyl (C=O) groups excluding carboxylic acids is 2. The van der Waals surface area contributed by atoms with Gasteiger partial charge in [0.15, 0.2) is 11.5 Å². The van der Waals surface area contributed by atoms with E-state index < -0.39 is 15.9 Å². The predicted molar refractivity (Wildman–Crippen MR) is 110 cm³/mol. The molecular formula is C19H21N3O7S. The van der Waals surface area contributed by atoms with E-state index in [1.807, 2.05) is 0 Å². The van der Waals surface area contributed by atoms with Gasteiger partial charge in [0.25, 0.3) is 5.91 Å². The van der Waals surface area contributed by atoms with Crippen molar-refractivity contribution < 1.29 is 32.2 Å². The molecule has 0 atom stereocenters. The zero-order chi connectivity index (χ0) is 21.7. The molecule has 1 aliphatic heterocycles. The van der Waals surface area contributed by atoms with E-state index in [1.54, 1.807) is 18.2 Å². The van der Waals surface area contributed by atoms with Crippen molar-refractivity contribution in [3.63, 3.8) is 0 Å². The number of nitrogens with one attached hydrogen (secondary N) is 3. The fraction of sp³-hybridized carbons (Fsp3) is 0.263. The summed E-state index contributed by atoms with van der Waals surface area (Å²) in [6, 6.07) is 9.43. The Labute approximate surface area is 173 Å². The van der Waals surface area contributed by atoms with Crippen LogP contribution in [0.4, 0.5) is 11.4 Å². The van der Waals surface area contributed by atoms with Crippen molar-refractivity contribution in [2.24, 2.45) is 0 Å². The van der Waals surface area contributed by atoms with E-state index in [-0.39, 0.29) is 37.1 Å². The predicted octanol–water partition coefficient (Wildman–Crippen LogP) is 1.55. The molecule has 0 aromatic heterocycles. The smallest absolute Gasteiger partial charge is 0.253 e. The fourth-order valence-electron chi connectivity index (χ4n) is 2.70. The summed E-state index contributed by atoms with van der Waals surface area (Å²) in [5, 5.41) is 5.22. The number of hydrogen-bond acceptors (Lipinski definition) is 7. The zero-order valence-corrected chi connectivity index (χ0v) is 17.2. The second-order valence-corrected chi connectivity index (χ2v) is 8.18. The van der Waals surface area contributed by atoms with Crippen LogP contribution in [0.2, 0.25) is 0 Å². The maximum absolute atomic E-state index is 12.6. The Hall–Kier alpha value is -3.47. The molecule has 0 saturated carbocycles. The molecule has 2 amide bonds. The summed E-state index contributed by atoms with van der Waals surface area (Å²) in [7, 11) is -3.60. The molecule has 3 rings (SSSR count). The summed E-state index contributed by atoms with van der Waals surface area (Å²) < 4.78 is 41.6. The lowest BCUT2D eigenvalue weighted by Gasteiger charge is -2.13. The Morgan fingerprint density at radius 1 is 1.10 bits per heavy atom. The first-order valence-electron chi connectivity index (χ1n) is 8.91. The number of ether oxygens (including phenoxy) is 3. The van der Waals surface area contributed by atoms with E-state index in [0.717, 1.165) is 6.26 Å². The van der Waals surface area contributed by atoms with Crippen LogP contribution in [0.3, 0.4) is 0 Å². The SMILES string of the molecule is CC(=O)Nc1ccc(NS(C)(=O)=O)c(C(=O)NCCOc2ccc3c(c2)OCO3)c1. The first kappa shape index (κ1) is 21.2. The average Bonchev–Trinajstić information content (AvgIpc) is 3.12. The molecule has 30 heavy (non-hydrogen) atoms. The van der Waals surface area contributed by atoms with E-state index in [2.05, 4.69) is 15.4 Å². The van der Waals surface area contributed by atoms with E-state index >= 15 is 0 Å². The lowest BCUT2D eigenvalue weighted by Crippen LogP contribution is -2.29. The van der Waals surface area contributed by atoms with Gasteiger partial charge >= 0.3 is 0 Å². The highest BCUT2D eigenvalue weighted by atomic mass is 32.2. The van der Waals surface area contributed by atoms with Crippen LogP contribution in [0.5, 0.6) is 17.2 Å². The third kappa shape index (κ3) is 5.77. The molecule has 10 nitrogen and oxygen atoms in total. The van der Waals surface area contributed by atoms with Crippen molar-refractivity contribution in [3.05, 3.63) is 42.0 Å². The minimum Gasteiger partial charge on any atom is -0.492 e. The quantitative estimate of drug-likeness (QED) is 0.536. The molecule has 11 heteroatoms. The second-order valence-electron chi connectivity index (χ2n) is 6.44. The Balaban J connectivity index is 1.63. The van der Waals surface area contributed by atoms with Gasteiger partial charge < -0.3 is 24.8 Å². The lowest BCUT2D eigenvalue weighted by molar-refractivity contribution is -0.114. The maximum atomic E-state index is 12.6. The van der Waals surface area contributed by atoms with Crippen molar-refractivity contribution in [2.75, 3.05) is 36.2 Å². The summed E-state index contributed by atoms with van der Waals surface area (Å²) in [6.45, 7) is 1.83. The van der Waals surface area contributed by atoms with Crippen molar-refractivity contribution in [1.29, 1.82) is 0 Å². The molecule has 1 heterocycles. The van der Waals surface area contributed by atoms with Crippen LogP contribution in [0.15, 0.2) is 36.4 Å². The standard InChI is InChI=1S/C19H21N3O7S/c1-12(23)21-13-3-5-16(22-30(2,25)26)15(9-13)19(24)20-7-8-27-14-4-6-17-18(10-14)29-11-28-17/h3-6,9-10,22H,7-8,11H2,1-2H3,(H,20,24)(H,21,23). The first-order valence-corrected chi connectivity index (χ1v) is 10.8. The van der Waals surface area contributed by atoms with E-state index in [4.69, 9.17) is 14.2 Å². The highest BCUT2D eigenvalue weighted by molar-refractivity contribution is 7.92. The molecule has 1 aliphatic rings. The third-order valence-electron chi connectivity index (χ3n) is 3.88. The van der Waals surface area contributed by atoms with E-state index in [0.29, 0.717) is 22.9 Å². The molecule has 2 aromatic carbocycles. The van der Waals surface area contributed by atoms with Gasteiger partial charge in [-0.3, -0.25) is 14.3 Å². The maximum Gasteiger partial charge on any atom is 0.253 e. The van der Waals surface area contributed by atoms with Crippen LogP contribution in [0.1, 0.15) is 17.3 Å². The van der Waals surface area contributed by atoms with Crippen molar-refractivity contribution in [1.82, 2.24) is 5.32 Å². The summed E-state index contributed by atoms with van der Waals surface area (Å²) in [5.74, 6) is 0.939. The number of carbonyl (C=O) groups is 2. The zero-order valence-electron chi connectivity index (χ0n) is 16.4. The number of sulfonamides is 1. The molecule has 0 unspecified atom stereocenters. The molecule has 0 spiro atoms. The Kier molecular flexibility index (Phi) is 6.31. The fourth-order valence-corrected chi connectivity index (χ4v) is 3.27. The molecule has 0 bridgehead atoms. The summed E-state index contributed by atoms with van der Waals surface area (Å²) in [5.41, 5.74) is 0.527. The summed E-state index contributed by atoms with van der Waals surface area (Å²) >= 11 is 0. The number of benzene rings is 2.